The van der Waals surface area contributed by atoms with Gasteiger partial charge >= 0.3 is 6.03 Å². The third-order valence-electron chi connectivity index (χ3n) is 6.59. The molecule has 2 heterocycles. The highest BCUT2D eigenvalue weighted by molar-refractivity contribution is 5.75. The number of benzene rings is 2. The Hall–Kier alpha value is -3.86. The minimum atomic E-state index is -0.0309. The van der Waals surface area contributed by atoms with Gasteiger partial charge in [0, 0.05) is 24.2 Å². The van der Waals surface area contributed by atoms with Crippen LogP contribution in [0.2, 0.25) is 0 Å². The molecule has 5 rings (SSSR count). The maximum Gasteiger partial charge on any atom is 0.317 e. The lowest BCUT2D eigenvalue weighted by molar-refractivity contribution is 0.182. The van der Waals surface area contributed by atoms with Crippen molar-refractivity contribution in [3.8, 4) is 34.7 Å². The molecular weight excluding hydrogens is 442 g/mol. The molecule has 0 unspecified atom stereocenters. The van der Waals surface area contributed by atoms with Crippen molar-refractivity contribution in [1.82, 2.24) is 20.4 Å². The van der Waals surface area contributed by atoms with Crippen molar-refractivity contribution >= 4 is 6.03 Å². The number of aromatic nitrogens is 2. The molecule has 2 amide bonds. The fourth-order valence-corrected chi connectivity index (χ4v) is 4.91. The zero-order chi connectivity index (χ0) is 24.4. The van der Waals surface area contributed by atoms with Gasteiger partial charge in [0.2, 0.25) is 5.82 Å². The van der Waals surface area contributed by atoms with Gasteiger partial charge in [-0.1, -0.05) is 23.4 Å². The second-order valence-electron chi connectivity index (χ2n) is 9.37. The normalized spacial score (nSPS) is 17.2. The summed E-state index contributed by atoms with van der Waals surface area (Å²) in [4.78, 5) is 19.3. The molecule has 2 aromatic carbocycles. The van der Waals surface area contributed by atoms with Crippen LogP contribution in [0.25, 0.3) is 22.8 Å². The number of fused-ring (bicyclic) bond motifs is 1. The number of nitrogens with one attached hydrogen (secondary N) is 1. The molecule has 1 saturated heterocycles. The predicted octanol–water partition coefficient (Wildman–Crippen LogP) is 5.25. The van der Waals surface area contributed by atoms with E-state index in [2.05, 4.69) is 27.6 Å². The Morgan fingerprint density at radius 2 is 2.06 bits per heavy atom. The van der Waals surface area contributed by atoms with Crippen molar-refractivity contribution in [2.24, 2.45) is 0 Å². The van der Waals surface area contributed by atoms with Crippen molar-refractivity contribution in [1.29, 1.82) is 5.26 Å². The summed E-state index contributed by atoms with van der Waals surface area (Å²) in [6.45, 7) is 5.49. The minimum Gasteiger partial charge on any atom is -0.490 e. The van der Waals surface area contributed by atoms with Crippen LogP contribution in [0.3, 0.4) is 0 Å². The van der Waals surface area contributed by atoms with Crippen LogP contribution in [-0.4, -0.2) is 40.3 Å². The van der Waals surface area contributed by atoms with E-state index in [1.165, 1.54) is 6.42 Å². The summed E-state index contributed by atoms with van der Waals surface area (Å²) in [6, 6.07) is 13.5. The van der Waals surface area contributed by atoms with Gasteiger partial charge in [0.15, 0.2) is 0 Å². The van der Waals surface area contributed by atoms with E-state index in [0.29, 0.717) is 28.6 Å². The van der Waals surface area contributed by atoms with Crippen LogP contribution in [0.1, 0.15) is 62.3 Å². The predicted molar refractivity (Wildman–Crippen MR) is 131 cm³/mol. The van der Waals surface area contributed by atoms with Crippen molar-refractivity contribution < 1.29 is 14.1 Å². The van der Waals surface area contributed by atoms with Gasteiger partial charge in [0.25, 0.3) is 5.89 Å². The number of carbonyl (C=O) groups is 1. The molecule has 0 radical (unpaired) electrons. The number of piperidine rings is 1. The summed E-state index contributed by atoms with van der Waals surface area (Å²) >= 11 is 0. The van der Waals surface area contributed by atoms with Crippen LogP contribution in [-0.2, 0) is 6.42 Å². The molecule has 1 aromatic heterocycles. The fraction of sp³-hybridized carbons (Fsp3) is 0.407. The van der Waals surface area contributed by atoms with E-state index in [9.17, 15) is 10.1 Å². The van der Waals surface area contributed by atoms with E-state index in [1.54, 1.807) is 12.1 Å². The average molecular weight is 472 g/mol. The number of rotatable bonds is 5. The number of nitriles is 1. The molecule has 180 valence electrons. The van der Waals surface area contributed by atoms with Gasteiger partial charge in [-0.05, 0) is 75.3 Å². The highest BCUT2D eigenvalue weighted by Gasteiger charge is 2.29. The maximum absolute atomic E-state index is 12.8. The molecule has 1 fully saturated rings. The molecule has 1 aliphatic heterocycles. The van der Waals surface area contributed by atoms with E-state index in [0.717, 1.165) is 55.5 Å². The van der Waals surface area contributed by atoms with Crippen molar-refractivity contribution in [2.75, 3.05) is 13.1 Å². The summed E-state index contributed by atoms with van der Waals surface area (Å²) in [5, 5.41) is 17.0. The third kappa shape index (κ3) is 4.72. The lowest BCUT2D eigenvalue weighted by Gasteiger charge is -2.28. The summed E-state index contributed by atoms with van der Waals surface area (Å²) in [6.07, 6.45) is 4.99. The monoisotopic (exact) mass is 471 g/mol. The Labute approximate surface area is 204 Å². The Morgan fingerprint density at radius 3 is 2.83 bits per heavy atom. The lowest BCUT2D eigenvalue weighted by Crippen LogP contribution is -2.43. The first-order valence-corrected chi connectivity index (χ1v) is 12.3. The van der Waals surface area contributed by atoms with Gasteiger partial charge in [-0.15, -0.1) is 0 Å². The highest BCUT2D eigenvalue weighted by atomic mass is 16.5. The van der Waals surface area contributed by atoms with E-state index in [-0.39, 0.29) is 18.2 Å². The molecule has 0 saturated carbocycles. The van der Waals surface area contributed by atoms with Gasteiger partial charge < -0.3 is 19.5 Å². The average Bonchev–Trinajstić information content (AvgIpc) is 3.52. The van der Waals surface area contributed by atoms with Crippen LogP contribution in [0, 0.1) is 11.3 Å². The number of hydrogen-bond acceptors (Lipinski definition) is 6. The number of amides is 2. The van der Waals surface area contributed by atoms with Gasteiger partial charge in [0.05, 0.1) is 17.7 Å². The molecule has 3 aromatic rings. The minimum absolute atomic E-state index is 0.0163. The van der Waals surface area contributed by atoms with Gasteiger partial charge in [0.1, 0.15) is 11.8 Å². The Balaban J connectivity index is 1.37. The Morgan fingerprint density at radius 1 is 1.23 bits per heavy atom. The van der Waals surface area contributed by atoms with Gasteiger partial charge in [-0.2, -0.15) is 10.2 Å². The van der Waals surface area contributed by atoms with E-state index < -0.39 is 0 Å². The third-order valence-corrected chi connectivity index (χ3v) is 6.59. The molecule has 0 bridgehead atoms. The largest absolute Gasteiger partial charge is 0.490 e. The van der Waals surface area contributed by atoms with E-state index in [4.69, 9.17) is 9.26 Å². The molecule has 8 heteroatoms. The summed E-state index contributed by atoms with van der Waals surface area (Å²) in [5.74, 6) is 1.38. The number of hydrogen-bond donors (Lipinski definition) is 1. The molecular formula is C27H29N5O3. The van der Waals surface area contributed by atoms with Crippen LogP contribution in [0.4, 0.5) is 4.79 Å². The second-order valence-corrected chi connectivity index (χ2v) is 9.37. The highest BCUT2D eigenvalue weighted by Crippen LogP contribution is 2.38. The molecule has 1 atom stereocenters. The topological polar surface area (TPSA) is 104 Å². The zero-order valence-corrected chi connectivity index (χ0v) is 20.1. The van der Waals surface area contributed by atoms with Crippen LogP contribution >= 0.6 is 0 Å². The molecule has 2 aliphatic rings. The maximum atomic E-state index is 12.8. The Kier molecular flexibility index (Phi) is 6.41. The first-order chi connectivity index (χ1) is 17.0. The molecule has 35 heavy (non-hydrogen) atoms. The second kappa shape index (κ2) is 9.79. The molecule has 0 spiro atoms. The summed E-state index contributed by atoms with van der Waals surface area (Å²) in [5.41, 5.74) is 4.25. The smallest absolute Gasteiger partial charge is 0.317 e. The summed E-state index contributed by atoms with van der Waals surface area (Å²) < 4.78 is 11.3. The number of nitrogens with zero attached hydrogens (tertiary/aromatic N) is 4. The number of ether oxygens (including phenoxy) is 1. The van der Waals surface area contributed by atoms with Crippen LogP contribution in [0.5, 0.6) is 5.75 Å². The lowest BCUT2D eigenvalue weighted by atomic mass is 10.0. The molecule has 1 aliphatic carbocycles. The molecule has 1 N–H and O–H groups in total. The van der Waals surface area contributed by atoms with E-state index >= 15 is 0 Å². The quantitative estimate of drug-likeness (QED) is 0.545. The number of urea groups is 1. The van der Waals surface area contributed by atoms with Crippen LogP contribution in [0.15, 0.2) is 40.9 Å². The standard InChI is InChI=1S/C27H29N5O3/c1-17(2)34-24-12-9-18(15-19(24)16-28)26-30-25(31-35-26)22-8-6-7-21-20(22)10-11-23(21)29-27(33)32-13-4-3-5-14-32/h6-9,12,15,17,23H,3-5,10-11,13-14H2,1-2H3,(H,29,33)/t23-/m0/s1. The Bertz CT molecular complexity index is 1270. The van der Waals surface area contributed by atoms with Gasteiger partial charge in [-0.3, -0.25) is 0 Å². The fourth-order valence-electron chi connectivity index (χ4n) is 4.91. The molecule has 8 nitrogen and oxygen atoms in total. The first-order valence-electron chi connectivity index (χ1n) is 12.3. The zero-order valence-electron chi connectivity index (χ0n) is 20.1. The van der Waals surface area contributed by atoms with Crippen molar-refractivity contribution in [2.45, 2.75) is 58.1 Å². The van der Waals surface area contributed by atoms with E-state index in [1.807, 2.05) is 36.9 Å². The first kappa shape index (κ1) is 22.9. The summed E-state index contributed by atoms with van der Waals surface area (Å²) in [7, 11) is 0. The van der Waals surface area contributed by atoms with Gasteiger partial charge in [-0.25, -0.2) is 4.79 Å². The number of carbonyl (C=O) groups excluding carboxylic acids is 1. The van der Waals surface area contributed by atoms with Crippen molar-refractivity contribution in [3.05, 3.63) is 53.1 Å². The van der Waals surface area contributed by atoms with Crippen LogP contribution < -0.4 is 10.1 Å². The van der Waals surface area contributed by atoms with Crippen molar-refractivity contribution in [3.63, 3.8) is 0 Å². The number of likely N-dealkylation sites (tertiary alicyclic amines) is 1. The SMILES string of the molecule is CC(C)Oc1ccc(-c2nc(-c3cccc4c3CC[C@@H]4NC(=O)N3CCCCC3)no2)cc1C#N.